The summed E-state index contributed by atoms with van der Waals surface area (Å²) in [6, 6.07) is 30.1. The van der Waals surface area contributed by atoms with Crippen molar-refractivity contribution in [1.82, 2.24) is 4.90 Å². The summed E-state index contributed by atoms with van der Waals surface area (Å²) >= 11 is 3.58. The second-order valence-electron chi connectivity index (χ2n) is 14.3. The molecule has 58 heavy (non-hydrogen) atoms. The predicted octanol–water partition coefficient (Wildman–Crippen LogP) is 6.72. The van der Waals surface area contributed by atoms with Crippen molar-refractivity contribution >= 4 is 33.9 Å². The van der Waals surface area contributed by atoms with Crippen molar-refractivity contribution in [3.8, 4) is 0 Å². The van der Waals surface area contributed by atoms with E-state index in [1.54, 1.807) is 13.0 Å². The normalized spacial score (nSPS) is 23.0. The fourth-order valence-corrected chi connectivity index (χ4v) is 7.71. The van der Waals surface area contributed by atoms with Crippen LogP contribution in [0.15, 0.2) is 106 Å². The average Bonchev–Trinajstić information content (AvgIpc) is 3.80. The number of aryl methyl sites for hydroxylation is 1. The van der Waals surface area contributed by atoms with Gasteiger partial charge in [0.15, 0.2) is 12.4 Å². The SMILES string of the molecule is CO[C@H]1O[C@H](CO)[C@@H](OCc2ccccc2)[C@H](OCc2ccccc2)[C@@H]1OCCCc1oc([C@H](OC(C)=O)[C@@H](C)C(=O)N2C(=O)OC[C@H]2Cc2ccccc2)cc1Br. The molecule has 2 aliphatic rings. The fourth-order valence-electron chi connectivity index (χ4n) is 7.21. The van der Waals surface area contributed by atoms with Crippen molar-refractivity contribution in [1.29, 1.82) is 0 Å². The van der Waals surface area contributed by atoms with Gasteiger partial charge in [0.25, 0.3) is 0 Å². The van der Waals surface area contributed by atoms with Crippen LogP contribution in [-0.2, 0) is 68.8 Å². The summed E-state index contributed by atoms with van der Waals surface area (Å²) in [7, 11) is 1.51. The number of hydrogen-bond donors (Lipinski definition) is 1. The molecular formula is C44H50BrNO12. The second kappa shape index (κ2) is 21.0. The molecule has 0 spiro atoms. The molecule has 0 saturated carbocycles. The topological polar surface area (TPSA) is 152 Å². The number of ether oxygens (including phenoxy) is 7. The highest BCUT2D eigenvalue weighted by Gasteiger charge is 2.49. The minimum atomic E-state index is -1.12. The van der Waals surface area contributed by atoms with Gasteiger partial charge in [-0.1, -0.05) is 91.0 Å². The summed E-state index contributed by atoms with van der Waals surface area (Å²) in [6.07, 6.45) is -4.24. The van der Waals surface area contributed by atoms with Gasteiger partial charge in [-0.3, -0.25) is 9.59 Å². The number of carbonyl (C=O) groups excluding carboxylic acids is 3. The van der Waals surface area contributed by atoms with Gasteiger partial charge in [-0.15, -0.1) is 0 Å². The first-order chi connectivity index (χ1) is 28.2. The van der Waals surface area contributed by atoms with Gasteiger partial charge >= 0.3 is 12.1 Å². The second-order valence-corrected chi connectivity index (χ2v) is 15.1. The van der Waals surface area contributed by atoms with Gasteiger partial charge < -0.3 is 42.7 Å². The summed E-state index contributed by atoms with van der Waals surface area (Å²) in [5, 5.41) is 10.4. The maximum Gasteiger partial charge on any atom is 0.416 e. The summed E-state index contributed by atoms with van der Waals surface area (Å²) in [6.45, 7) is 3.36. The molecule has 0 radical (unpaired) electrons. The molecule has 3 aromatic carbocycles. The number of methoxy groups -OCH3 is 1. The van der Waals surface area contributed by atoms with Crippen LogP contribution in [0.4, 0.5) is 4.79 Å². The van der Waals surface area contributed by atoms with E-state index in [9.17, 15) is 19.5 Å². The first-order valence-electron chi connectivity index (χ1n) is 19.4. The number of aliphatic hydroxyl groups is 1. The molecule has 6 rings (SSSR count). The Hall–Kier alpha value is -4.41. The Labute approximate surface area is 346 Å². The molecule has 1 aromatic heterocycles. The maximum atomic E-state index is 13.9. The van der Waals surface area contributed by atoms with Crippen LogP contribution in [0.3, 0.4) is 0 Å². The van der Waals surface area contributed by atoms with Crippen LogP contribution < -0.4 is 0 Å². The quantitative estimate of drug-likeness (QED) is 0.0787. The van der Waals surface area contributed by atoms with Gasteiger partial charge in [-0.25, -0.2) is 9.69 Å². The Kier molecular flexibility index (Phi) is 15.7. The Morgan fingerprint density at radius 3 is 2.07 bits per heavy atom. The van der Waals surface area contributed by atoms with Crippen molar-refractivity contribution in [2.24, 2.45) is 5.92 Å². The number of esters is 1. The first-order valence-corrected chi connectivity index (χ1v) is 20.2. The van der Waals surface area contributed by atoms with Crippen molar-refractivity contribution in [2.75, 3.05) is 26.9 Å². The Morgan fingerprint density at radius 2 is 1.48 bits per heavy atom. The number of benzene rings is 3. The number of carbonyl (C=O) groups is 3. The molecule has 4 aromatic rings. The third-order valence-corrected chi connectivity index (χ3v) is 10.8. The minimum Gasteiger partial charge on any atom is -0.461 e. The van der Waals surface area contributed by atoms with Crippen molar-refractivity contribution < 1.29 is 57.1 Å². The number of hydrogen-bond acceptors (Lipinski definition) is 12. The van der Waals surface area contributed by atoms with Crippen molar-refractivity contribution in [3.05, 3.63) is 130 Å². The molecule has 2 fully saturated rings. The molecule has 1 N–H and O–H groups in total. The highest BCUT2D eigenvalue weighted by Crippen LogP contribution is 2.36. The van der Waals surface area contributed by atoms with Crippen LogP contribution >= 0.6 is 15.9 Å². The molecule has 0 aliphatic carbocycles. The highest BCUT2D eigenvalue weighted by molar-refractivity contribution is 9.10. The molecule has 8 atom stereocenters. The number of aliphatic hydroxyl groups excluding tert-OH is 1. The number of nitrogens with zero attached hydrogens (tertiary/aromatic N) is 1. The Morgan fingerprint density at radius 1 is 0.879 bits per heavy atom. The molecule has 2 saturated heterocycles. The summed E-state index contributed by atoms with van der Waals surface area (Å²) < 4.78 is 49.1. The van der Waals surface area contributed by atoms with E-state index >= 15 is 0 Å². The molecule has 0 bridgehead atoms. The van der Waals surface area contributed by atoms with Gasteiger partial charge in [0.1, 0.15) is 42.5 Å². The van der Waals surface area contributed by atoms with Gasteiger partial charge in [-0.2, -0.15) is 0 Å². The van der Waals surface area contributed by atoms with E-state index in [2.05, 4.69) is 15.9 Å². The first kappa shape index (κ1) is 43.2. The van der Waals surface area contributed by atoms with E-state index < -0.39 is 66.7 Å². The van der Waals surface area contributed by atoms with Gasteiger partial charge in [0.2, 0.25) is 5.91 Å². The monoisotopic (exact) mass is 863 g/mol. The van der Waals surface area contributed by atoms with Crippen molar-refractivity contribution in [3.63, 3.8) is 0 Å². The zero-order chi connectivity index (χ0) is 41.0. The Bertz CT molecular complexity index is 1910. The molecule has 13 nitrogen and oxygen atoms in total. The van der Waals surface area contributed by atoms with Crippen LogP contribution in [0.2, 0.25) is 0 Å². The minimum absolute atomic E-state index is 0.0599. The Balaban J connectivity index is 1.13. The largest absolute Gasteiger partial charge is 0.461 e. The fraction of sp³-hybridized carbons (Fsp3) is 0.432. The van der Waals surface area contributed by atoms with E-state index in [1.165, 1.54) is 14.0 Å². The molecule has 0 unspecified atom stereocenters. The zero-order valence-corrected chi connectivity index (χ0v) is 34.4. The molecule has 310 valence electrons. The summed E-state index contributed by atoms with van der Waals surface area (Å²) in [5.41, 5.74) is 2.86. The number of cyclic esters (lactones) is 1. The van der Waals surface area contributed by atoms with E-state index in [-0.39, 0.29) is 38.8 Å². The summed E-state index contributed by atoms with van der Waals surface area (Å²) in [5.74, 6) is -1.35. The lowest BCUT2D eigenvalue weighted by molar-refractivity contribution is -0.319. The molecule has 2 amide bonds. The standard InChI is InChI=1S/C44H50BrNO12/c1-28(42(49)46-33(27-55-44(46)50)22-30-14-7-4-8-15-30)38(56-29(2)48)36-23-34(45)35(57-36)20-13-21-52-41-40(54-26-32-18-11-6-12-19-32)39(37(24-47)58-43(41)51-3)53-25-31-16-9-5-10-17-31/h4-12,14-19,23,28,33,37-41,43,47H,13,20-22,24-27H2,1-3H3/t28-,33-,37-,38-,39-,40+,41+,43+/m1/s1. The van der Waals surface area contributed by atoms with Gasteiger partial charge in [0, 0.05) is 27.1 Å². The number of imide groups is 1. The van der Waals surface area contributed by atoms with Crippen LogP contribution in [0.5, 0.6) is 0 Å². The third kappa shape index (κ3) is 11.0. The van der Waals surface area contributed by atoms with E-state index in [0.29, 0.717) is 29.5 Å². The maximum absolute atomic E-state index is 13.9. The average molecular weight is 865 g/mol. The van der Waals surface area contributed by atoms with E-state index in [1.807, 2.05) is 91.0 Å². The molecular weight excluding hydrogens is 814 g/mol. The van der Waals surface area contributed by atoms with Crippen LogP contribution in [0, 0.1) is 5.92 Å². The highest BCUT2D eigenvalue weighted by atomic mass is 79.9. The molecule has 3 heterocycles. The third-order valence-electron chi connectivity index (χ3n) is 10.1. The number of furan rings is 1. The van der Waals surface area contributed by atoms with Crippen LogP contribution in [-0.4, -0.2) is 91.7 Å². The zero-order valence-electron chi connectivity index (χ0n) is 32.8. The number of halogens is 1. The van der Waals surface area contributed by atoms with Crippen LogP contribution in [0.1, 0.15) is 54.6 Å². The van der Waals surface area contributed by atoms with Crippen molar-refractivity contribution in [2.45, 2.75) is 89.2 Å². The smallest absolute Gasteiger partial charge is 0.416 e. The van der Waals surface area contributed by atoms with Gasteiger partial charge in [0.05, 0.1) is 36.3 Å². The molecule has 2 aliphatic heterocycles. The summed E-state index contributed by atoms with van der Waals surface area (Å²) in [4.78, 5) is 40.1. The lowest BCUT2D eigenvalue weighted by Crippen LogP contribution is -2.61. The lowest BCUT2D eigenvalue weighted by Gasteiger charge is -2.45. The van der Waals surface area contributed by atoms with E-state index in [0.717, 1.165) is 21.6 Å². The van der Waals surface area contributed by atoms with Crippen LogP contribution in [0.25, 0.3) is 0 Å². The number of amides is 2. The number of rotatable bonds is 19. The van der Waals surface area contributed by atoms with Gasteiger partial charge in [-0.05, 0) is 58.5 Å². The van der Waals surface area contributed by atoms with E-state index in [4.69, 9.17) is 37.6 Å². The lowest BCUT2D eigenvalue weighted by atomic mass is 9.98. The molecule has 14 heteroatoms. The predicted molar refractivity (Wildman–Crippen MR) is 213 cm³/mol.